The number of aromatic hydroxyl groups is 1. The Bertz CT molecular complexity index is 819. The zero-order chi connectivity index (χ0) is 19.9. The van der Waals surface area contributed by atoms with E-state index in [0.29, 0.717) is 24.7 Å². The Hall–Kier alpha value is -2.82. The fourth-order valence-corrected chi connectivity index (χ4v) is 3.68. The summed E-state index contributed by atoms with van der Waals surface area (Å²) in [6.45, 7) is 0.570. The van der Waals surface area contributed by atoms with Crippen molar-refractivity contribution in [2.24, 2.45) is 5.92 Å². The number of benzene rings is 2. The van der Waals surface area contributed by atoms with E-state index in [9.17, 15) is 14.7 Å². The highest BCUT2D eigenvalue weighted by molar-refractivity contribution is 6.01. The maximum absolute atomic E-state index is 12.8. The van der Waals surface area contributed by atoms with Crippen molar-refractivity contribution in [1.82, 2.24) is 0 Å². The fourth-order valence-electron chi connectivity index (χ4n) is 3.68. The smallest absolute Gasteiger partial charge is 0.335 e. The van der Waals surface area contributed by atoms with Crippen LogP contribution < -0.4 is 4.74 Å². The summed E-state index contributed by atoms with van der Waals surface area (Å²) >= 11 is 0. The molecule has 148 valence electrons. The zero-order valence-electron chi connectivity index (χ0n) is 15.9. The first-order valence-corrected chi connectivity index (χ1v) is 9.85. The van der Waals surface area contributed by atoms with E-state index < -0.39 is 5.97 Å². The predicted molar refractivity (Wildman–Crippen MR) is 106 cm³/mol. The summed E-state index contributed by atoms with van der Waals surface area (Å²) in [5.74, 6) is -0.272. The van der Waals surface area contributed by atoms with E-state index in [2.05, 4.69) is 0 Å². The number of carboxylic acids is 1. The van der Waals surface area contributed by atoms with E-state index in [1.165, 1.54) is 37.5 Å². The number of carbonyl (C=O) groups is 2. The van der Waals surface area contributed by atoms with Gasteiger partial charge in [-0.1, -0.05) is 37.5 Å². The van der Waals surface area contributed by atoms with Crippen molar-refractivity contribution in [2.45, 2.75) is 44.9 Å². The molecule has 5 nitrogen and oxygen atoms in total. The van der Waals surface area contributed by atoms with Crippen LogP contribution in [0, 0.1) is 5.92 Å². The van der Waals surface area contributed by atoms with Gasteiger partial charge in [0.05, 0.1) is 12.2 Å². The quantitative estimate of drug-likeness (QED) is 0.637. The molecule has 0 saturated heterocycles. The highest BCUT2D eigenvalue weighted by Crippen LogP contribution is 2.31. The number of phenolic OH excluding ortho intramolecular Hbond substituents is 1. The van der Waals surface area contributed by atoms with Crippen LogP contribution in [0.3, 0.4) is 0 Å². The minimum atomic E-state index is -0.975. The summed E-state index contributed by atoms with van der Waals surface area (Å²) in [6, 6.07) is 11.4. The molecule has 0 spiro atoms. The minimum absolute atomic E-state index is 0.0626. The standard InChI is InChI=1S/C23H26O5/c24-19-7-4-8-21(28-15-17-5-2-1-3-6-17)22(19)20(25)14-11-16-9-12-18(13-10-16)23(26)27/h4,7-10,12-13,17,24H,1-3,5-6,11,14-15H2,(H,26,27). The lowest BCUT2D eigenvalue weighted by Gasteiger charge is -2.22. The Balaban J connectivity index is 1.64. The van der Waals surface area contributed by atoms with Crippen molar-refractivity contribution in [3.05, 3.63) is 59.2 Å². The Morgan fingerprint density at radius 2 is 1.71 bits per heavy atom. The second-order valence-corrected chi connectivity index (χ2v) is 7.39. The Kier molecular flexibility index (Phi) is 6.69. The number of hydrogen-bond acceptors (Lipinski definition) is 4. The van der Waals surface area contributed by atoms with Crippen molar-refractivity contribution in [3.63, 3.8) is 0 Å². The first kappa shape index (κ1) is 19.9. The van der Waals surface area contributed by atoms with Gasteiger partial charge in [0.15, 0.2) is 5.78 Å². The van der Waals surface area contributed by atoms with Crippen LogP contribution in [0.15, 0.2) is 42.5 Å². The third kappa shape index (κ3) is 5.12. The summed E-state index contributed by atoms with van der Waals surface area (Å²) in [5.41, 5.74) is 1.33. The van der Waals surface area contributed by atoms with Gasteiger partial charge in [0.25, 0.3) is 0 Å². The van der Waals surface area contributed by atoms with Gasteiger partial charge in [-0.2, -0.15) is 0 Å². The Morgan fingerprint density at radius 3 is 2.39 bits per heavy atom. The molecule has 1 aliphatic carbocycles. The fraction of sp³-hybridized carbons (Fsp3) is 0.391. The average Bonchev–Trinajstić information content (AvgIpc) is 2.71. The Labute approximate surface area is 165 Å². The van der Waals surface area contributed by atoms with Crippen molar-refractivity contribution >= 4 is 11.8 Å². The number of aryl methyl sites for hydroxylation is 1. The van der Waals surface area contributed by atoms with Crippen molar-refractivity contribution < 1.29 is 24.5 Å². The van der Waals surface area contributed by atoms with Gasteiger partial charge in [0, 0.05) is 6.42 Å². The van der Waals surface area contributed by atoms with E-state index in [1.807, 2.05) is 0 Å². The van der Waals surface area contributed by atoms with E-state index >= 15 is 0 Å². The van der Waals surface area contributed by atoms with Gasteiger partial charge in [0.1, 0.15) is 17.1 Å². The molecular weight excluding hydrogens is 356 g/mol. The molecule has 0 radical (unpaired) electrons. The summed E-state index contributed by atoms with van der Waals surface area (Å²) in [4.78, 5) is 23.7. The summed E-state index contributed by atoms with van der Waals surface area (Å²) in [5, 5.41) is 19.2. The molecule has 1 aliphatic rings. The molecule has 3 rings (SSSR count). The minimum Gasteiger partial charge on any atom is -0.507 e. The summed E-state index contributed by atoms with van der Waals surface area (Å²) in [6.07, 6.45) is 6.70. The number of carboxylic acid groups (broad SMARTS) is 1. The molecule has 0 aromatic heterocycles. The highest BCUT2D eigenvalue weighted by Gasteiger charge is 2.20. The molecule has 2 aromatic carbocycles. The van der Waals surface area contributed by atoms with Crippen LogP contribution in [0.1, 0.15) is 64.8 Å². The molecule has 0 amide bonds. The molecule has 2 aromatic rings. The van der Waals surface area contributed by atoms with Gasteiger partial charge in [-0.15, -0.1) is 0 Å². The largest absolute Gasteiger partial charge is 0.507 e. The highest BCUT2D eigenvalue weighted by atomic mass is 16.5. The molecule has 2 N–H and O–H groups in total. The van der Waals surface area contributed by atoms with E-state index in [-0.39, 0.29) is 29.1 Å². The van der Waals surface area contributed by atoms with Crippen molar-refractivity contribution in [1.29, 1.82) is 0 Å². The van der Waals surface area contributed by atoms with Gasteiger partial charge < -0.3 is 14.9 Å². The number of rotatable bonds is 8. The zero-order valence-corrected chi connectivity index (χ0v) is 15.9. The van der Waals surface area contributed by atoms with E-state index in [0.717, 1.165) is 18.4 Å². The monoisotopic (exact) mass is 382 g/mol. The number of hydrogen-bond donors (Lipinski definition) is 2. The number of ether oxygens (including phenoxy) is 1. The molecule has 0 atom stereocenters. The van der Waals surface area contributed by atoms with E-state index in [4.69, 9.17) is 9.84 Å². The van der Waals surface area contributed by atoms with Crippen LogP contribution in [0.5, 0.6) is 11.5 Å². The van der Waals surface area contributed by atoms with Crippen LogP contribution in [0.4, 0.5) is 0 Å². The van der Waals surface area contributed by atoms with Gasteiger partial charge in [0.2, 0.25) is 0 Å². The molecule has 0 bridgehead atoms. The molecule has 5 heteroatoms. The topological polar surface area (TPSA) is 83.8 Å². The number of ketones is 1. The number of aromatic carboxylic acids is 1. The van der Waals surface area contributed by atoms with Crippen LogP contribution in [0.25, 0.3) is 0 Å². The lowest BCUT2D eigenvalue weighted by Crippen LogP contribution is -2.16. The van der Waals surface area contributed by atoms with Gasteiger partial charge >= 0.3 is 5.97 Å². The van der Waals surface area contributed by atoms with Crippen LogP contribution >= 0.6 is 0 Å². The molecule has 1 saturated carbocycles. The second kappa shape index (κ2) is 9.40. The number of carbonyl (C=O) groups excluding carboxylic acids is 1. The Morgan fingerprint density at radius 1 is 1.00 bits per heavy atom. The molecule has 0 heterocycles. The molecular formula is C23H26O5. The molecule has 28 heavy (non-hydrogen) atoms. The summed E-state index contributed by atoms with van der Waals surface area (Å²) in [7, 11) is 0. The first-order valence-electron chi connectivity index (χ1n) is 9.85. The normalized spacial score (nSPS) is 14.6. The lowest BCUT2D eigenvalue weighted by atomic mass is 9.90. The van der Waals surface area contributed by atoms with Gasteiger partial charge in [-0.3, -0.25) is 4.79 Å². The van der Waals surface area contributed by atoms with Crippen molar-refractivity contribution in [3.8, 4) is 11.5 Å². The molecule has 0 aliphatic heterocycles. The van der Waals surface area contributed by atoms with E-state index in [1.54, 1.807) is 24.3 Å². The SMILES string of the molecule is O=C(O)c1ccc(CCC(=O)c2c(O)cccc2OCC2CCCCC2)cc1. The average molecular weight is 382 g/mol. The van der Waals surface area contributed by atoms with Gasteiger partial charge in [-0.05, 0) is 55.0 Å². The van der Waals surface area contributed by atoms with Crippen LogP contribution in [-0.2, 0) is 6.42 Å². The first-order chi connectivity index (χ1) is 13.5. The number of phenols is 1. The summed E-state index contributed by atoms with van der Waals surface area (Å²) < 4.78 is 5.93. The van der Waals surface area contributed by atoms with Crippen LogP contribution in [-0.4, -0.2) is 28.6 Å². The third-order valence-corrected chi connectivity index (χ3v) is 5.32. The maximum Gasteiger partial charge on any atom is 0.335 e. The predicted octanol–water partition coefficient (Wildman–Crippen LogP) is 4.87. The van der Waals surface area contributed by atoms with Gasteiger partial charge in [-0.25, -0.2) is 4.79 Å². The van der Waals surface area contributed by atoms with Crippen LogP contribution in [0.2, 0.25) is 0 Å². The van der Waals surface area contributed by atoms with Crippen molar-refractivity contribution in [2.75, 3.05) is 6.61 Å². The molecule has 1 fully saturated rings. The molecule has 0 unspecified atom stereocenters. The lowest BCUT2D eigenvalue weighted by molar-refractivity contribution is 0.0696. The number of Topliss-reactive ketones (excluding diaryl/α,β-unsaturated/α-hetero) is 1. The third-order valence-electron chi connectivity index (χ3n) is 5.32. The maximum atomic E-state index is 12.8. The second-order valence-electron chi connectivity index (χ2n) is 7.39.